The molecular weight excluding hydrogens is 300 g/mol. The van der Waals surface area contributed by atoms with E-state index in [-0.39, 0.29) is 0 Å². The molecule has 0 saturated heterocycles. The third kappa shape index (κ3) is 3.59. The van der Waals surface area contributed by atoms with Gasteiger partial charge in [-0.25, -0.2) is 0 Å². The van der Waals surface area contributed by atoms with Crippen LogP contribution in [0.3, 0.4) is 0 Å². The van der Waals surface area contributed by atoms with Crippen LogP contribution in [0.5, 0.6) is 0 Å². The molecule has 1 saturated carbocycles. The fraction of sp³-hybridized carbons (Fsp3) is 0.625. The van der Waals surface area contributed by atoms with Crippen LogP contribution < -0.4 is 5.32 Å². The number of nitrogens with one attached hydrogen (secondary N) is 1. The summed E-state index contributed by atoms with van der Waals surface area (Å²) >= 11 is 3.67. The summed E-state index contributed by atoms with van der Waals surface area (Å²) in [6.45, 7) is 2.31. The van der Waals surface area contributed by atoms with Gasteiger partial charge in [0, 0.05) is 22.6 Å². The molecule has 0 aromatic heterocycles. The van der Waals surface area contributed by atoms with E-state index >= 15 is 0 Å². The second-order valence-corrected chi connectivity index (χ2v) is 6.51. The minimum absolute atomic E-state index is 0.465. The normalized spacial score (nSPS) is 25.5. The van der Waals surface area contributed by atoms with E-state index < -0.39 is 0 Å². The average molecular weight is 325 g/mol. The molecule has 0 heterocycles. The average Bonchev–Trinajstić information content (AvgIpc) is 2.46. The maximum absolute atomic E-state index is 3.67. The summed E-state index contributed by atoms with van der Waals surface area (Å²) in [6, 6.07) is 10.5. The second kappa shape index (κ2) is 6.87. The molecule has 1 unspecified atom stereocenters. The van der Waals surface area contributed by atoms with E-state index in [1.54, 1.807) is 0 Å². The predicted octanol–water partition coefficient (Wildman–Crippen LogP) is 3.97. The van der Waals surface area contributed by atoms with E-state index in [4.69, 9.17) is 0 Å². The molecule has 0 aliphatic heterocycles. The lowest BCUT2D eigenvalue weighted by atomic mass is 9.89. The molecule has 1 fully saturated rings. The molecule has 106 valence electrons. The standard InChI is InChI=1S/C16H25BrN2/c1-12(15-6-4-5-7-16(15)17)19(3)14-10-8-13(18-2)9-11-14/h4-7,12-14,18H,8-11H2,1-3H3. The highest BCUT2D eigenvalue weighted by atomic mass is 79.9. The van der Waals surface area contributed by atoms with Crippen LogP contribution in [-0.2, 0) is 0 Å². The highest BCUT2D eigenvalue weighted by molar-refractivity contribution is 9.10. The molecular formula is C16H25BrN2. The summed E-state index contributed by atoms with van der Waals surface area (Å²) < 4.78 is 1.22. The Bertz CT molecular complexity index is 399. The number of hydrogen-bond donors (Lipinski definition) is 1. The number of rotatable bonds is 4. The monoisotopic (exact) mass is 324 g/mol. The molecule has 19 heavy (non-hydrogen) atoms. The van der Waals surface area contributed by atoms with Crippen LogP contribution >= 0.6 is 15.9 Å². The third-order valence-electron chi connectivity index (χ3n) is 4.65. The van der Waals surface area contributed by atoms with Crippen LogP contribution in [0.1, 0.15) is 44.2 Å². The van der Waals surface area contributed by atoms with E-state index in [9.17, 15) is 0 Å². The van der Waals surface area contributed by atoms with Gasteiger partial charge in [-0.2, -0.15) is 0 Å². The molecule has 1 aromatic rings. The summed E-state index contributed by atoms with van der Waals surface area (Å²) in [5, 5.41) is 3.41. The lowest BCUT2D eigenvalue weighted by Crippen LogP contribution is -2.40. The number of nitrogens with zero attached hydrogens (tertiary/aromatic N) is 1. The van der Waals surface area contributed by atoms with E-state index in [1.165, 1.54) is 35.7 Å². The summed E-state index contributed by atoms with van der Waals surface area (Å²) in [5.74, 6) is 0. The Labute approximate surface area is 125 Å². The Balaban J connectivity index is 2.00. The Morgan fingerprint density at radius 1 is 1.21 bits per heavy atom. The molecule has 3 heteroatoms. The van der Waals surface area contributed by atoms with Gasteiger partial charge in [-0.3, -0.25) is 4.90 Å². The zero-order valence-electron chi connectivity index (χ0n) is 12.2. The maximum Gasteiger partial charge on any atom is 0.0330 e. The topological polar surface area (TPSA) is 15.3 Å². The molecule has 0 spiro atoms. The van der Waals surface area contributed by atoms with E-state index in [0.29, 0.717) is 12.1 Å². The van der Waals surface area contributed by atoms with Gasteiger partial charge in [-0.05, 0) is 58.3 Å². The van der Waals surface area contributed by atoms with Crippen molar-refractivity contribution < 1.29 is 0 Å². The zero-order valence-corrected chi connectivity index (χ0v) is 13.8. The van der Waals surface area contributed by atoms with Crippen molar-refractivity contribution in [3.8, 4) is 0 Å². The van der Waals surface area contributed by atoms with Crippen molar-refractivity contribution in [2.45, 2.75) is 50.7 Å². The number of hydrogen-bond acceptors (Lipinski definition) is 2. The van der Waals surface area contributed by atoms with Gasteiger partial charge in [-0.15, -0.1) is 0 Å². The van der Waals surface area contributed by atoms with Crippen molar-refractivity contribution in [1.82, 2.24) is 10.2 Å². The van der Waals surface area contributed by atoms with Crippen LogP contribution in [0, 0.1) is 0 Å². The van der Waals surface area contributed by atoms with Crippen LogP contribution in [0.15, 0.2) is 28.7 Å². The Morgan fingerprint density at radius 2 is 1.84 bits per heavy atom. The lowest BCUT2D eigenvalue weighted by molar-refractivity contribution is 0.136. The smallest absolute Gasteiger partial charge is 0.0330 e. The minimum atomic E-state index is 0.465. The number of benzene rings is 1. The van der Waals surface area contributed by atoms with E-state index in [1.807, 2.05) is 0 Å². The van der Waals surface area contributed by atoms with Crippen molar-refractivity contribution in [2.75, 3.05) is 14.1 Å². The van der Waals surface area contributed by atoms with Crippen molar-refractivity contribution >= 4 is 15.9 Å². The van der Waals surface area contributed by atoms with E-state index in [2.05, 4.69) is 71.4 Å². The van der Waals surface area contributed by atoms with Gasteiger partial charge in [0.25, 0.3) is 0 Å². The van der Waals surface area contributed by atoms with Crippen LogP contribution in [-0.4, -0.2) is 31.1 Å². The third-order valence-corrected chi connectivity index (χ3v) is 5.37. The summed E-state index contributed by atoms with van der Waals surface area (Å²) in [6.07, 6.45) is 5.20. The Morgan fingerprint density at radius 3 is 2.42 bits per heavy atom. The van der Waals surface area contributed by atoms with Crippen molar-refractivity contribution in [2.24, 2.45) is 0 Å². The molecule has 1 aliphatic carbocycles. The zero-order chi connectivity index (χ0) is 13.8. The summed E-state index contributed by atoms with van der Waals surface area (Å²) in [7, 11) is 4.35. The van der Waals surface area contributed by atoms with Crippen molar-refractivity contribution in [3.63, 3.8) is 0 Å². The van der Waals surface area contributed by atoms with Gasteiger partial charge >= 0.3 is 0 Å². The molecule has 1 atom stereocenters. The lowest BCUT2D eigenvalue weighted by Gasteiger charge is -2.38. The van der Waals surface area contributed by atoms with Gasteiger partial charge in [0.1, 0.15) is 0 Å². The Kier molecular flexibility index (Phi) is 5.43. The first kappa shape index (κ1) is 15.0. The molecule has 2 nitrogen and oxygen atoms in total. The van der Waals surface area contributed by atoms with Gasteiger partial charge in [0.15, 0.2) is 0 Å². The fourth-order valence-electron chi connectivity index (χ4n) is 3.12. The Hall–Kier alpha value is -0.380. The molecule has 0 amide bonds. The first-order chi connectivity index (χ1) is 9.13. The molecule has 0 bridgehead atoms. The summed E-state index contributed by atoms with van der Waals surface area (Å²) in [5.41, 5.74) is 1.39. The van der Waals surface area contributed by atoms with Gasteiger partial charge in [0.05, 0.1) is 0 Å². The molecule has 1 aliphatic rings. The van der Waals surface area contributed by atoms with Gasteiger partial charge < -0.3 is 5.32 Å². The molecule has 1 aromatic carbocycles. The molecule has 0 radical (unpaired) electrons. The predicted molar refractivity (Wildman–Crippen MR) is 85.4 cm³/mol. The largest absolute Gasteiger partial charge is 0.317 e. The maximum atomic E-state index is 3.67. The highest BCUT2D eigenvalue weighted by Crippen LogP contribution is 2.31. The molecule has 1 N–H and O–H groups in total. The number of halogens is 1. The highest BCUT2D eigenvalue weighted by Gasteiger charge is 2.26. The quantitative estimate of drug-likeness (QED) is 0.901. The first-order valence-electron chi connectivity index (χ1n) is 7.27. The first-order valence-corrected chi connectivity index (χ1v) is 8.06. The van der Waals surface area contributed by atoms with Crippen molar-refractivity contribution in [3.05, 3.63) is 34.3 Å². The minimum Gasteiger partial charge on any atom is -0.317 e. The summed E-state index contributed by atoms with van der Waals surface area (Å²) in [4.78, 5) is 2.55. The fourth-order valence-corrected chi connectivity index (χ4v) is 3.74. The van der Waals surface area contributed by atoms with Crippen molar-refractivity contribution in [1.29, 1.82) is 0 Å². The molecule has 2 rings (SSSR count). The van der Waals surface area contributed by atoms with E-state index in [0.717, 1.165) is 6.04 Å². The van der Waals surface area contributed by atoms with Crippen LogP contribution in [0.2, 0.25) is 0 Å². The SMILES string of the molecule is CNC1CCC(N(C)C(C)c2ccccc2Br)CC1. The second-order valence-electron chi connectivity index (χ2n) is 5.66. The van der Waals surface area contributed by atoms with Gasteiger partial charge in [-0.1, -0.05) is 34.1 Å². The van der Waals surface area contributed by atoms with Gasteiger partial charge in [0.2, 0.25) is 0 Å². The van der Waals surface area contributed by atoms with Crippen LogP contribution in [0.4, 0.5) is 0 Å². The van der Waals surface area contributed by atoms with Crippen LogP contribution in [0.25, 0.3) is 0 Å².